The molecule has 25 heavy (non-hydrogen) atoms. The van der Waals surface area contributed by atoms with Crippen molar-refractivity contribution in [1.82, 2.24) is 4.98 Å². The molecule has 130 valence electrons. The highest BCUT2D eigenvalue weighted by Gasteiger charge is 2.31. The van der Waals surface area contributed by atoms with Crippen LogP contribution in [0.3, 0.4) is 0 Å². The molecule has 3 aromatic rings. The SMILES string of the molecule is Cc1ccc2oc(-c3cc(NC(=O)C(Cl)(Cl)Cl)cc(C)c3O)nc2c1. The molecule has 0 atom stereocenters. The van der Waals surface area contributed by atoms with Gasteiger partial charge in [0.25, 0.3) is 9.70 Å². The minimum atomic E-state index is -2.10. The van der Waals surface area contributed by atoms with Crippen LogP contribution in [0.4, 0.5) is 5.69 Å². The van der Waals surface area contributed by atoms with Gasteiger partial charge in [-0.15, -0.1) is 0 Å². The van der Waals surface area contributed by atoms with Crippen LogP contribution < -0.4 is 5.32 Å². The lowest BCUT2D eigenvalue weighted by Gasteiger charge is -2.13. The predicted molar refractivity (Wildman–Crippen MR) is 99.5 cm³/mol. The summed E-state index contributed by atoms with van der Waals surface area (Å²) in [6.07, 6.45) is 0. The molecule has 3 rings (SSSR count). The highest BCUT2D eigenvalue weighted by molar-refractivity contribution is 6.76. The van der Waals surface area contributed by atoms with Gasteiger partial charge in [-0.1, -0.05) is 40.9 Å². The van der Waals surface area contributed by atoms with Crippen LogP contribution in [0, 0.1) is 13.8 Å². The number of aromatic hydroxyl groups is 1. The summed E-state index contributed by atoms with van der Waals surface area (Å²) < 4.78 is 3.61. The number of oxazole rings is 1. The molecule has 0 fully saturated rings. The molecule has 0 aliphatic rings. The number of carbonyl (C=O) groups is 1. The zero-order valence-electron chi connectivity index (χ0n) is 13.2. The van der Waals surface area contributed by atoms with Gasteiger partial charge < -0.3 is 14.8 Å². The maximum Gasteiger partial charge on any atom is 0.276 e. The van der Waals surface area contributed by atoms with E-state index in [0.29, 0.717) is 27.9 Å². The first-order valence-electron chi connectivity index (χ1n) is 7.24. The van der Waals surface area contributed by atoms with Crippen LogP contribution in [-0.4, -0.2) is 19.8 Å². The van der Waals surface area contributed by atoms with Crippen LogP contribution in [0.1, 0.15) is 11.1 Å². The number of halogens is 3. The topological polar surface area (TPSA) is 75.4 Å². The highest BCUT2D eigenvalue weighted by Crippen LogP contribution is 2.37. The summed E-state index contributed by atoms with van der Waals surface area (Å²) in [5.74, 6) is -0.580. The molecule has 0 bridgehead atoms. The van der Waals surface area contributed by atoms with Crippen LogP contribution >= 0.6 is 34.8 Å². The number of aryl methyl sites for hydroxylation is 2. The van der Waals surface area contributed by atoms with Crippen LogP contribution in [0.25, 0.3) is 22.6 Å². The third-order valence-electron chi connectivity index (χ3n) is 3.59. The Kier molecular flexibility index (Phi) is 4.58. The number of hydrogen-bond acceptors (Lipinski definition) is 4. The molecule has 1 aromatic heterocycles. The van der Waals surface area contributed by atoms with Gasteiger partial charge in [0.05, 0.1) is 5.56 Å². The van der Waals surface area contributed by atoms with Gasteiger partial charge in [0.1, 0.15) is 11.3 Å². The minimum Gasteiger partial charge on any atom is -0.507 e. The maximum atomic E-state index is 11.8. The van der Waals surface area contributed by atoms with Crippen molar-refractivity contribution in [1.29, 1.82) is 0 Å². The number of rotatable bonds is 2. The van der Waals surface area contributed by atoms with E-state index in [1.807, 2.05) is 19.1 Å². The number of phenolic OH excluding ortho intramolecular Hbond substituents is 1. The smallest absolute Gasteiger partial charge is 0.276 e. The van der Waals surface area contributed by atoms with Crippen LogP contribution in [0.5, 0.6) is 5.75 Å². The fourth-order valence-corrected chi connectivity index (χ4v) is 2.51. The number of benzene rings is 2. The lowest BCUT2D eigenvalue weighted by atomic mass is 10.1. The van der Waals surface area contributed by atoms with Crippen LogP contribution in [-0.2, 0) is 4.79 Å². The average molecular weight is 400 g/mol. The average Bonchev–Trinajstić information content (AvgIpc) is 2.92. The van der Waals surface area contributed by atoms with Crippen molar-refractivity contribution in [3.05, 3.63) is 41.5 Å². The third kappa shape index (κ3) is 3.68. The van der Waals surface area contributed by atoms with Gasteiger partial charge >= 0.3 is 0 Å². The summed E-state index contributed by atoms with van der Waals surface area (Å²) in [6, 6.07) is 8.65. The third-order valence-corrected chi connectivity index (χ3v) is 4.10. The predicted octanol–water partition coefficient (Wildman–Crippen LogP) is 5.13. The van der Waals surface area contributed by atoms with Crippen molar-refractivity contribution >= 4 is 57.5 Å². The van der Waals surface area contributed by atoms with Gasteiger partial charge in [0, 0.05) is 5.69 Å². The Labute approximate surface area is 158 Å². The Morgan fingerprint density at radius 3 is 2.60 bits per heavy atom. The number of carbonyl (C=O) groups excluding carboxylic acids is 1. The van der Waals surface area contributed by atoms with E-state index in [2.05, 4.69) is 10.3 Å². The second-order valence-electron chi connectivity index (χ2n) is 5.63. The second kappa shape index (κ2) is 6.41. The van der Waals surface area contributed by atoms with E-state index < -0.39 is 9.70 Å². The number of phenols is 1. The number of nitrogens with one attached hydrogen (secondary N) is 1. The Morgan fingerprint density at radius 1 is 1.20 bits per heavy atom. The fourth-order valence-electron chi connectivity index (χ4n) is 2.37. The zero-order valence-corrected chi connectivity index (χ0v) is 15.5. The highest BCUT2D eigenvalue weighted by atomic mass is 35.6. The molecule has 0 aliphatic carbocycles. The number of nitrogens with zero attached hydrogens (tertiary/aromatic N) is 1. The molecular formula is C17H13Cl3N2O3. The largest absolute Gasteiger partial charge is 0.507 e. The normalized spacial score (nSPS) is 11.7. The van der Waals surface area contributed by atoms with Gasteiger partial charge in [0.15, 0.2) is 5.58 Å². The van der Waals surface area contributed by atoms with Crippen molar-refractivity contribution in [2.45, 2.75) is 17.6 Å². The Balaban J connectivity index is 2.06. The number of fused-ring (bicyclic) bond motifs is 1. The number of aromatic nitrogens is 1. The number of anilines is 1. The number of alkyl halides is 3. The summed E-state index contributed by atoms with van der Waals surface area (Å²) in [4.78, 5) is 16.2. The molecule has 1 heterocycles. The summed E-state index contributed by atoms with van der Waals surface area (Å²) in [7, 11) is 0. The van der Waals surface area contributed by atoms with Gasteiger partial charge in [-0.3, -0.25) is 4.79 Å². The molecular weight excluding hydrogens is 387 g/mol. The molecule has 2 aromatic carbocycles. The summed E-state index contributed by atoms with van der Waals surface area (Å²) in [6.45, 7) is 3.62. The fraction of sp³-hybridized carbons (Fsp3) is 0.176. The summed E-state index contributed by atoms with van der Waals surface area (Å²) in [5, 5.41) is 12.8. The zero-order chi connectivity index (χ0) is 18.4. The quantitative estimate of drug-likeness (QED) is 0.463. The Hall–Kier alpha value is -1.95. The molecule has 0 aliphatic heterocycles. The van der Waals surface area contributed by atoms with Gasteiger partial charge in [-0.05, 0) is 49.2 Å². The minimum absolute atomic E-state index is 0.00448. The second-order valence-corrected chi connectivity index (χ2v) is 7.91. The summed E-state index contributed by atoms with van der Waals surface area (Å²) >= 11 is 16.7. The molecule has 0 unspecified atom stereocenters. The maximum absolute atomic E-state index is 11.8. The van der Waals surface area contributed by atoms with Gasteiger partial charge in [-0.2, -0.15) is 0 Å². The van der Waals surface area contributed by atoms with E-state index in [4.69, 9.17) is 39.2 Å². The monoisotopic (exact) mass is 398 g/mol. The lowest BCUT2D eigenvalue weighted by molar-refractivity contribution is -0.115. The van der Waals surface area contributed by atoms with Crippen LogP contribution in [0.2, 0.25) is 0 Å². The molecule has 0 spiro atoms. The lowest BCUT2D eigenvalue weighted by Crippen LogP contribution is -2.26. The molecule has 5 nitrogen and oxygen atoms in total. The first-order valence-corrected chi connectivity index (χ1v) is 8.38. The van der Waals surface area contributed by atoms with E-state index in [1.165, 1.54) is 6.07 Å². The first-order chi connectivity index (χ1) is 11.6. The summed E-state index contributed by atoms with van der Waals surface area (Å²) in [5.41, 5.74) is 3.48. The molecule has 0 saturated heterocycles. The van der Waals surface area contributed by atoms with Gasteiger partial charge in [-0.25, -0.2) is 4.98 Å². The molecule has 0 saturated carbocycles. The molecule has 2 N–H and O–H groups in total. The first kappa shape index (κ1) is 17.9. The Morgan fingerprint density at radius 2 is 1.92 bits per heavy atom. The van der Waals surface area contributed by atoms with E-state index in [-0.39, 0.29) is 11.6 Å². The number of amides is 1. The number of hydrogen-bond donors (Lipinski definition) is 2. The van der Waals surface area contributed by atoms with E-state index in [0.717, 1.165) is 5.56 Å². The van der Waals surface area contributed by atoms with E-state index >= 15 is 0 Å². The molecule has 1 amide bonds. The van der Waals surface area contributed by atoms with E-state index in [9.17, 15) is 9.90 Å². The van der Waals surface area contributed by atoms with Crippen LogP contribution in [0.15, 0.2) is 34.7 Å². The van der Waals surface area contributed by atoms with E-state index in [1.54, 1.807) is 19.1 Å². The van der Waals surface area contributed by atoms with Crippen molar-refractivity contribution in [3.63, 3.8) is 0 Å². The van der Waals surface area contributed by atoms with Crippen molar-refractivity contribution in [3.8, 4) is 17.2 Å². The Bertz CT molecular complexity index is 977. The van der Waals surface area contributed by atoms with Crippen molar-refractivity contribution in [2.24, 2.45) is 0 Å². The molecule has 0 radical (unpaired) electrons. The standard InChI is InChI=1S/C17H13Cl3N2O3/c1-8-3-4-13-12(5-8)22-15(25-13)11-7-10(6-9(2)14(11)23)21-16(24)17(18,19)20/h3-7,23H,1-2H3,(H,21,24). The van der Waals surface area contributed by atoms with Crippen molar-refractivity contribution in [2.75, 3.05) is 5.32 Å². The van der Waals surface area contributed by atoms with Gasteiger partial charge in [0.2, 0.25) is 5.89 Å². The van der Waals surface area contributed by atoms with Crippen molar-refractivity contribution < 1.29 is 14.3 Å². The molecule has 8 heteroatoms.